The number of pyridine rings is 1. The van der Waals surface area contributed by atoms with Gasteiger partial charge in [0, 0.05) is 40.5 Å². The van der Waals surface area contributed by atoms with E-state index in [0.717, 1.165) is 52.8 Å². The number of allylic oxidation sites excluding steroid dienone is 3. The maximum Gasteiger partial charge on any atom is 0.321 e. The van der Waals surface area contributed by atoms with E-state index < -0.39 is 0 Å². The summed E-state index contributed by atoms with van der Waals surface area (Å²) in [6.45, 7) is 2.80. The molecule has 3 heterocycles. The summed E-state index contributed by atoms with van der Waals surface area (Å²) < 4.78 is 0. The maximum atomic E-state index is 12.6. The van der Waals surface area contributed by atoms with Gasteiger partial charge in [0.2, 0.25) is 0 Å². The van der Waals surface area contributed by atoms with Gasteiger partial charge in [0.15, 0.2) is 0 Å². The Hall–Kier alpha value is -3.32. The highest BCUT2D eigenvalue weighted by molar-refractivity contribution is 6.30. The molecule has 1 aliphatic heterocycles. The number of amides is 2. The standard InChI is InChI=1S/C22H21ClN6O/c1-13-10-14(6-9-24-13)20-17-12-25-19(11-18(17)28-29-20)26-21(30)27-22(7-8-22)15-2-4-16(23)5-3-15/h2-6,10-12,24H,7-9H2,1H3,(H,28,29)(H2,25,26,27,30). The average Bonchev–Trinajstić information content (AvgIpc) is 3.38. The first-order valence-corrected chi connectivity index (χ1v) is 10.2. The predicted octanol–water partition coefficient (Wildman–Crippen LogP) is 4.31. The molecule has 2 aromatic heterocycles. The molecule has 1 fully saturated rings. The Balaban J connectivity index is 1.32. The van der Waals surface area contributed by atoms with E-state index in [1.54, 1.807) is 12.3 Å². The van der Waals surface area contributed by atoms with Crippen LogP contribution in [0.5, 0.6) is 0 Å². The van der Waals surface area contributed by atoms with Crippen molar-refractivity contribution in [2.45, 2.75) is 25.3 Å². The van der Waals surface area contributed by atoms with E-state index in [0.29, 0.717) is 10.8 Å². The molecular formula is C22H21ClN6O. The summed E-state index contributed by atoms with van der Waals surface area (Å²) in [5, 5.41) is 18.3. The number of nitrogens with zero attached hydrogens (tertiary/aromatic N) is 2. The summed E-state index contributed by atoms with van der Waals surface area (Å²) in [7, 11) is 0. The molecule has 8 heteroatoms. The molecule has 1 aromatic carbocycles. The number of anilines is 1. The van der Waals surface area contributed by atoms with Crippen molar-refractivity contribution in [2.75, 3.05) is 11.9 Å². The molecule has 30 heavy (non-hydrogen) atoms. The van der Waals surface area contributed by atoms with Crippen LogP contribution >= 0.6 is 11.6 Å². The molecule has 7 nitrogen and oxygen atoms in total. The molecule has 3 aromatic rings. The second-order valence-corrected chi connectivity index (χ2v) is 8.16. The van der Waals surface area contributed by atoms with Gasteiger partial charge in [-0.05, 0) is 43.5 Å². The van der Waals surface area contributed by atoms with Gasteiger partial charge in [-0.15, -0.1) is 0 Å². The molecule has 2 amide bonds. The number of hydrogen-bond donors (Lipinski definition) is 4. The summed E-state index contributed by atoms with van der Waals surface area (Å²) in [5.74, 6) is 0.466. The Morgan fingerprint density at radius 3 is 2.77 bits per heavy atom. The lowest BCUT2D eigenvalue weighted by atomic mass is 10.1. The van der Waals surface area contributed by atoms with E-state index in [1.807, 2.05) is 31.2 Å². The minimum Gasteiger partial charge on any atom is -0.385 e. The molecule has 5 rings (SSSR count). The first kappa shape index (κ1) is 18.7. The first-order chi connectivity index (χ1) is 14.5. The molecule has 0 unspecified atom stereocenters. The van der Waals surface area contributed by atoms with Gasteiger partial charge in [0.1, 0.15) is 11.5 Å². The van der Waals surface area contributed by atoms with Crippen LogP contribution in [-0.2, 0) is 5.54 Å². The van der Waals surface area contributed by atoms with Gasteiger partial charge >= 0.3 is 6.03 Å². The van der Waals surface area contributed by atoms with Crippen LogP contribution in [0.25, 0.3) is 16.5 Å². The van der Waals surface area contributed by atoms with Gasteiger partial charge in [-0.3, -0.25) is 10.4 Å². The topological polar surface area (TPSA) is 94.7 Å². The highest BCUT2D eigenvalue weighted by atomic mass is 35.5. The summed E-state index contributed by atoms with van der Waals surface area (Å²) in [6, 6.07) is 9.11. The number of nitrogens with one attached hydrogen (secondary N) is 4. The van der Waals surface area contributed by atoms with E-state index in [9.17, 15) is 4.79 Å². The van der Waals surface area contributed by atoms with Crippen LogP contribution in [0.2, 0.25) is 5.02 Å². The van der Waals surface area contributed by atoms with Gasteiger partial charge < -0.3 is 10.6 Å². The van der Waals surface area contributed by atoms with Crippen molar-refractivity contribution in [2.24, 2.45) is 0 Å². The minimum atomic E-state index is -0.328. The van der Waals surface area contributed by atoms with Crippen molar-refractivity contribution >= 4 is 39.9 Å². The number of fused-ring (bicyclic) bond motifs is 1. The molecule has 2 aliphatic rings. The fourth-order valence-electron chi connectivity index (χ4n) is 3.78. The summed E-state index contributed by atoms with van der Waals surface area (Å²) in [5.41, 5.74) is 4.56. The van der Waals surface area contributed by atoms with Gasteiger partial charge in [-0.25, -0.2) is 9.78 Å². The Morgan fingerprint density at radius 1 is 1.23 bits per heavy atom. The number of carbonyl (C=O) groups is 1. The molecule has 0 atom stereocenters. The third kappa shape index (κ3) is 3.52. The fraction of sp³-hybridized carbons (Fsp3) is 0.227. The third-order valence-electron chi connectivity index (χ3n) is 5.54. The normalized spacial score (nSPS) is 17.0. The van der Waals surface area contributed by atoms with Crippen LogP contribution in [-0.4, -0.2) is 27.8 Å². The number of hydrogen-bond acceptors (Lipinski definition) is 4. The van der Waals surface area contributed by atoms with E-state index in [-0.39, 0.29) is 11.6 Å². The Morgan fingerprint density at radius 2 is 2.03 bits per heavy atom. The van der Waals surface area contributed by atoms with Gasteiger partial charge in [-0.2, -0.15) is 5.10 Å². The lowest BCUT2D eigenvalue weighted by Gasteiger charge is -2.18. The van der Waals surface area contributed by atoms with Crippen LogP contribution in [0.1, 0.15) is 31.0 Å². The zero-order valence-electron chi connectivity index (χ0n) is 16.4. The second-order valence-electron chi connectivity index (χ2n) is 7.72. The molecule has 152 valence electrons. The van der Waals surface area contributed by atoms with Crippen molar-refractivity contribution in [3.8, 4) is 0 Å². The predicted molar refractivity (Wildman–Crippen MR) is 118 cm³/mol. The zero-order chi connectivity index (χ0) is 20.7. The van der Waals surface area contributed by atoms with Crippen molar-refractivity contribution < 1.29 is 4.79 Å². The van der Waals surface area contributed by atoms with Gasteiger partial charge in [0.25, 0.3) is 0 Å². The van der Waals surface area contributed by atoms with Gasteiger partial charge in [0.05, 0.1) is 11.1 Å². The molecule has 0 radical (unpaired) electrons. The number of H-pyrrole nitrogens is 1. The summed E-state index contributed by atoms with van der Waals surface area (Å²) >= 11 is 5.98. The number of halogens is 1. The Bertz CT molecular complexity index is 1190. The Kier molecular flexibility index (Phi) is 4.47. The smallest absolute Gasteiger partial charge is 0.321 e. The van der Waals surface area contributed by atoms with Crippen LogP contribution in [0, 0.1) is 0 Å². The average molecular weight is 421 g/mol. The number of dihydropyridines is 1. The first-order valence-electron chi connectivity index (χ1n) is 9.84. The molecule has 1 aliphatic carbocycles. The van der Waals surface area contributed by atoms with Crippen LogP contribution < -0.4 is 16.0 Å². The highest BCUT2D eigenvalue weighted by Gasteiger charge is 2.45. The van der Waals surface area contributed by atoms with Crippen LogP contribution in [0.4, 0.5) is 10.6 Å². The summed E-state index contributed by atoms with van der Waals surface area (Å²) in [4.78, 5) is 17.0. The van der Waals surface area contributed by atoms with Crippen molar-refractivity contribution in [3.05, 3.63) is 70.7 Å². The van der Waals surface area contributed by atoms with Crippen LogP contribution in [0.3, 0.4) is 0 Å². The number of aromatic amines is 1. The minimum absolute atomic E-state index is 0.284. The third-order valence-corrected chi connectivity index (χ3v) is 5.79. The molecule has 0 saturated heterocycles. The monoisotopic (exact) mass is 420 g/mol. The molecule has 4 N–H and O–H groups in total. The van der Waals surface area contributed by atoms with Gasteiger partial charge in [-0.1, -0.05) is 29.8 Å². The van der Waals surface area contributed by atoms with E-state index in [4.69, 9.17) is 11.6 Å². The lowest BCUT2D eigenvalue weighted by molar-refractivity contribution is 0.247. The quantitative estimate of drug-likeness (QED) is 0.505. The molecule has 0 bridgehead atoms. The summed E-state index contributed by atoms with van der Waals surface area (Å²) in [6.07, 6.45) is 7.69. The van der Waals surface area contributed by atoms with Crippen molar-refractivity contribution in [1.29, 1.82) is 0 Å². The second kappa shape index (κ2) is 7.18. The molecule has 0 spiro atoms. The number of urea groups is 1. The van der Waals surface area contributed by atoms with E-state index in [2.05, 4.69) is 43.3 Å². The van der Waals surface area contributed by atoms with E-state index in [1.165, 1.54) is 0 Å². The highest BCUT2D eigenvalue weighted by Crippen LogP contribution is 2.45. The zero-order valence-corrected chi connectivity index (χ0v) is 17.2. The Labute approximate surface area is 178 Å². The van der Waals surface area contributed by atoms with Crippen molar-refractivity contribution in [1.82, 2.24) is 25.8 Å². The fourth-order valence-corrected chi connectivity index (χ4v) is 3.90. The maximum absolute atomic E-state index is 12.6. The molecule has 1 saturated carbocycles. The SMILES string of the molecule is CC1=CC(c2n[nH]c3cc(NC(=O)NC4(c5ccc(Cl)cc5)CC4)ncc23)=CCN1. The molecular weight excluding hydrogens is 400 g/mol. The number of aromatic nitrogens is 3. The lowest BCUT2D eigenvalue weighted by Crippen LogP contribution is -2.38. The van der Waals surface area contributed by atoms with Crippen LogP contribution in [0.15, 0.2) is 54.4 Å². The van der Waals surface area contributed by atoms with Crippen molar-refractivity contribution in [3.63, 3.8) is 0 Å². The number of carbonyl (C=O) groups excluding carboxylic acids is 1. The van der Waals surface area contributed by atoms with E-state index >= 15 is 0 Å². The largest absolute Gasteiger partial charge is 0.385 e. The number of rotatable bonds is 4. The number of benzene rings is 1.